The molecule has 0 fully saturated rings. The van der Waals surface area contributed by atoms with Crippen LogP contribution in [-0.4, -0.2) is 46.5 Å². The van der Waals surface area contributed by atoms with Crippen LogP contribution in [-0.2, 0) is 10.0 Å². The molecule has 6 heteroatoms. The fraction of sp³-hybridized carbons (Fsp3) is 0.600. The van der Waals surface area contributed by atoms with Crippen LogP contribution in [0.5, 0.6) is 0 Å². The molecule has 0 aromatic heterocycles. The average Bonchev–Trinajstić information content (AvgIpc) is 2.35. The van der Waals surface area contributed by atoms with E-state index in [9.17, 15) is 8.42 Å². The van der Waals surface area contributed by atoms with Gasteiger partial charge in [-0.3, -0.25) is 0 Å². The predicted octanol–water partition coefficient (Wildman–Crippen LogP) is 1.96. The number of nitrogens with zero attached hydrogens (tertiary/aromatic N) is 1. The van der Waals surface area contributed by atoms with Gasteiger partial charge in [-0.05, 0) is 65.0 Å². The van der Waals surface area contributed by atoms with Crippen molar-refractivity contribution >= 4 is 15.7 Å². The number of rotatable bonds is 7. The Morgan fingerprint density at radius 1 is 1.19 bits per heavy atom. The third-order valence-corrected chi connectivity index (χ3v) is 5.29. The molecule has 5 nitrogen and oxygen atoms in total. The molecule has 0 spiro atoms. The first-order valence-corrected chi connectivity index (χ1v) is 8.68. The molecule has 120 valence electrons. The van der Waals surface area contributed by atoms with Crippen molar-refractivity contribution in [2.45, 2.75) is 38.6 Å². The lowest BCUT2D eigenvalue weighted by Gasteiger charge is -2.21. The van der Waals surface area contributed by atoms with E-state index in [1.807, 2.05) is 58.8 Å². The van der Waals surface area contributed by atoms with Gasteiger partial charge in [-0.25, -0.2) is 13.1 Å². The summed E-state index contributed by atoms with van der Waals surface area (Å²) in [7, 11) is 0.376. The van der Waals surface area contributed by atoms with Crippen molar-refractivity contribution < 1.29 is 8.42 Å². The second kappa shape index (κ2) is 7.24. The quantitative estimate of drug-likeness (QED) is 0.808. The fourth-order valence-electron chi connectivity index (χ4n) is 2.17. The Hall–Kier alpha value is -1.11. The van der Waals surface area contributed by atoms with Gasteiger partial charge in [-0.1, -0.05) is 0 Å². The highest BCUT2D eigenvalue weighted by Gasteiger charge is 2.21. The van der Waals surface area contributed by atoms with Crippen LogP contribution >= 0.6 is 0 Å². The molecule has 2 N–H and O–H groups in total. The topological polar surface area (TPSA) is 61.4 Å². The van der Waals surface area contributed by atoms with Crippen molar-refractivity contribution in [2.75, 3.05) is 32.5 Å². The molecule has 1 atom stereocenters. The smallest absolute Gasteiger partial charge is 0.241 e. The minimum Gasteiger partial charge on any atom is -0.385 e. The van der Waals surface area contributed by atoms with Crippen molar-refractivity contribution in [3.63, 3.8) is 0 Å². The highest BCUT2D eigenvalue weighted by Crippen LogP contribution is 2.24. The van der Waals surface area contributed by atoms with E-state index in [4.69, 9.17) is 0 Å². The molecule has 0 aliphatic heterocycles. The molecule has 0 aliphatic carbocycles. The van der Waals surface area contributed by atoms with Crippen LogP contribution in [0.2, 0.25) is 0 Å². The van der Waals surface area contributed by atoms with Crippen molar-refractivity contribution in [1.29, 1.82) is 0 Å². The molecule has 1 unspecified atom stereocenters. The van der Waals surface area contributed by atoms with Gasteiger partial charge in [0.25, 0.3) is 0 Å². The third kappa shape index (κ3) is 4.69. The largest absolute Gasteiger partial charge is 0.385 e. The molecular weight excluding hydrogens is 286 g/mol. The lowest BCUT2D eigenvalue weighted by molar-refractivity contribution is 0.314. The van der Waals surface area contributed by atoms with Crippen LogP contribution in [0.25, 0.3) is 0 Å². The Morgan fingerprint density at radius 2 is 1.71 bits per heavy atom. The molecule has 21 heavy (non-hydrogen) atoms. The maximum Gasteiger partial charge on any atom is 0.241 e. The summed E-state index contributed by atoms with van der Waals surface area (Å²) in [4.78, 5) is 2.37. The van der Waals surface area contributed by atoms with E-state index >= 15 is 0 Å². The number of anilines is 1. The number of aryl methyl sites for hydroxylation is 2. The zero-order valence-corrected chi connectivity index (χ0v) is 14.6. The van der Waals surface area contributed by atoms with Crippen molar-refractivity contribution in [3.05, 3.63) is 23.3 Å². The van der Waals surface area contributed by atoms with E-state index in [-0.39, 0.29) is 6.04 Å². The highest BCUT2D eigenvalue weighted by atomic mass is 32.2. The Kier molecular flexibility index (Phi) is 6.19. The Labute approximate surface area is 128 Å². The van der Waals surface area contributed by atoms with Gasteiger partial charge in [0.2, 0.25) is 10.0 Å². The molecule has 0 heterocycles. The predicted molar refractivity (Wildman–Crippen MR) is 88.4 cm³/mol. The second-order valence-corrected chi connectivity index (χ2v) is 7.34. The van der Waals surface area contributed by atoms with Crippen LogP contribution < -0.4 is 10.0 Å². The monoisotopic (exact) mass is 313 g/mol. The second-order valence-electron chi connectivity index (χ2n) is 5.63. The lowest BCUT2D eigenvalue weighted by Crippen LogP contribution is -2.38. The molecule has 0 bridgehead atoms. The summed E-state index contributed by atoms with van der Waals surface area (Å²) in [6, 6.07) is 3.89. The standard InChI is InChI=1S/C15H27N3O2S/c1-7-16-14-8-11(2)15(12(3)9-14)21(19,20)17-10-13(4)18(5)6/h8-9,13,16-17H,7,10H2,1-6H3. The van der Waals surface area contributed by atoms with E-state index in [1.165, 1.54) is 0 Å². The molecule has 0 amide bonds. The number of likely N-dealkylation sites (N-methyl/N-ethyl adjacent to an activating group) is 1. The van der Waals surface area contributed by atoms with Gasteiger partial charge in [-0.2, -0.15) is 0 Å². The van der Waals surface area contributed by atoms with E-state index in [1.54, 1.807) is 0 Å². The maximum atomic E-state index is 12.5. The first-order valence-electron chi connectivity index (χ1n) is 7.20. The number of hydrogen-bond donors (Lipinski definition) is 2. The summed E-state index contributed by atoms with van der Waals surface area (Å²) < 4.78 is 27.7. The molecule has 0 radical (unpaired) electrons. The first kappa shape index (κ1) is 17.9. The summed E-state index contributed by atoms with van der Waals surface area (Å²) in [6.07, 6.45) is 0. The Bertz CT molecular complexity index is 560. The van der Waals surface area contributed by atoms with Crippen molar-refractivity contribution in [2.24, 2.45) is 0 Å². The molecule has 1 aromatic carbocycles. The number of nitrogens with one attached hydrogen (secondary N) is 2. The van der Waals surface area contributed by atoms with Gasteiger partial charge in [-0.15, -0.1) is 0 Å². The number of benzene rings is 1. The van der Waals surface area contributed by atoms with E-state index in [0.29, 0.717) is 11.4 Å². The van der Waals surface area contributed by atoms with Crippen molar-refractivity contribution in [1.82, 2.24) is 9.62 Å². The van der Waals surface area contributed by atoms with Gasteiger partial charge in [0, 0.05) is 24.8 Å². The minimum atomic E-state index is -3.49. The van der Waals surface area contributed by atoms with Crippen molar-refractivity contribution in [3.8, 4) is 0 Å². The normalized spacial score (nSPS) is 13.5. The summed E-state index contributed by atoms with van der Waals surface area (Å²) >= 11 is 0. The molecule has 1 aromatic rings. The molecule has 1 rings (SSSR count). The molecule has 0 saturated heterocycles. The summed E-state index contributed by atoms with van der Waals surface area (Å²) in [5.41, 5.74) is 2.47. The Morgan fingerprint density at radius 3 is 2.14 bits per heavy atom. The van der Waals surface area contributed by atoms with E-state index in [2.05, 4.69) is 10.0 Å². The average molecular weight is 313 g/mol. The minimum absolute atomic E-state index is 0.140. The highest BCUT2D eigenvalue weighted by molar-refractivity contribution is 7.89. The number of sulfonamides is 1. The summed E-state index contributed by atoms with van der Waals surface area (Å²) in [5.74, 6) is 0. The molecule has 0 aliphatic rings. The fourth-order valence-corrected chi connectivity index (χ4v) is 3.74. The molecular formula is C15H27N3O2S. The number of hydrogen-bond acceptors (Lipinski definition) is 4. The van der Waals surface area contributed by atoms with Crippen LogP contribution in [0.4, 0.5) is 5.69 Å². The summed E-state index contributed by atoms with van der Waals surface area (Å²) in [6.45, 7) is 8.86. The van der Waals surface area contributed by atoms with Crippen LogP contribution in [0.15, 0.2) is 17.0 Å². The maximum absolute atomic E-state index is 12.5. The lowest BCUT2D eigenvalue weighted by atomic mass is 10.1. The third-order valence-electron chi connectivity index (χ3n) is 3.56. The van der Waals surface area contributed by atoms with E-state index < -0.39 is 10.0 Å². The summed E-state index contributed by atoms with van der Waals surface area (Å²) in [5, 5.41) is 3.21. The van der Waals surface area contributed by atoms with E-state index in [0.717, 1.165) is 23.4 Å². The first-order chi connectivity index (χ1) is 9.69. The zero-order valence-electron chi connectivity index (χ0n) is 13.8. The molecule has 0 saturated carbocycles. The van der Waals surface area contributed by atoms with Crippen LogP contribution in [0, 0.1) is 13.8 Å². The Balaban J connectivity index is 3.03. The van der Waals surface area contributed by atoms with Crippen LogP contribution in [0.1, 0.15) is 25.0 Å². The van der Waals surface area contributed by atoms with Gasteiger partial charge in [0.15, 0.2) is 0 Å². The van der Waals surface area contributed by atoms with Gasteiger partial charge in [0.1, 0.15) is 0 Å². The zero-order chi connectivity index (χ0) is 16.2. The van der Waals surface area contributed by atoms with Gasteiger partial charge >= 0.3 is 0 Å². The van der Waals surface area contributed by atoms with Gasteiger partial charge in [0.05, 0.1) is 4.90 Å². The SMILES string of the molecule is CCNc1cc(C)c(S(=O)(=O)NCC(C)N(C)C)c(C)c1. The van der Waals surface area contributed by atoms with Crippen LogP contribution in [0.3, 0.4) is 0 Å². The van der Waals surface area contributed by atoms with Gasteiger partial charge < -0.3 is 10.2 Å².